The van der Waals surface area contributed by atoms with E-state index in [0.29, 0.717) is 6.41 Å². The summed E-state index contributed by atoms with van der Waals surface area (Å²) < 4.78 is 0. The number of carboxylic acids is 1. The zero-order valence-electron chi connectivity index (χ0n) is 5.61. The Labute approximate surface area is 62.4 Å². The number of rotatable bonds is 5. The second-order valence-corrected chi connectivity index (χ2v) is 1.82. The van der Waals surface area contributed by atoms with E-state index >= 15 is 0 Å². The van der Waals surface area contributed by atoms with Crippen LogP contribution in [0.15, 0.2) is 0 Å². The number of aliphatic carboxylic acids is 1. The lowest BCUT2D eigenvalue weighted by molar-refractivity contribution is -0.145. The van der Waals surface area contributed by atoms with Crippen molar-refractivity contribution in [1.82, 2.24) is 5.32 Å². The molecule has 0 fully saturated rings. The van der Waals surface area contributed by atoms with Crippen molar-refractivity contribution in [3.63, 3.8) is 0 Å². The number of hydrogen-bond acceptors (Lipinski definition) is 3. The zero-order valence-corrected chi connectivity index (χ0v) is 5.61. The van der Waals surface area contributed by atoms with Crippen molar-refractivity contribution < 1.29 is 19.5 Å². The molecule has 11 heavy (non-hydrogen) atoms. The van der Waals surface area contributed by atoms with E-state index in [1.165, 1.54) is 0 Å². The topological polar surface area (TPSA) is 109 Å². The third-order valence-corrected chi connectivity index (χ3v) is 1.05. The Morgan fingerprint density at radius 3 is 2.45 bits per heavy atom. The molecule has 2 amide bonds. The van der Waals surface area contributed by atoms with Gasteiger partial charge in [0, 0.05) is 6.54 Å². The van der Waals surface area contributed by atoms with Crippen LogP contribution in [0.4, 0.5) is 0 Å². The monoisotopic (exact) mass is 160 g/mol. The predicted octanol–water partition coefficient (Wildman–Crippen LogP) is -2.08. The second kappa shape index (κ2) is 4.26. The van der Waals surface area contributed by atoms with Gasteiger partial charge in [-0.3, -0.25) is 14.4 Å². The highest BCUT2D eigenvalue weighted by Gasteiger charge is 2.22. The van der Waals surface area contributed by atoms with Gasteiger partial charge in [0.2, 0.25) is 12.3 Å². The van der Waals surface area contributed by atoms with Crippen LogP contribution in [-0.4, -0.2) is 29.9 Å². The van der Waals surface area contributed by atoms with Crippen LogP contribution in [0.1, 0.15) is 0 Å². The van der Waals surface area contributed by atoms with Crippen LogP contribution in [0.2, 0.25) is 0 Å². The zero-order chi connectivity index (χ0) is 8.85. The molecule has 0 aromatic carbocycles. The maximum Gasteiger partial charge on any atom is 0.317 e. The highest BCUT2D eigenvalue weighted by molar-refractivity contribution is 5.96. The molecule has 6 nitrogen and oxygen atoms in total. The molecule has 1 atom stereocenters. The number of nitrogens with two attached hydrogens (primary N) is 1. The molecule has 0 radical (unpaired) electrons. The van der Waals surface area contributed by atoms with Crippen LogP contribution in [0.25, 0.3) is 0 Å². The largest absolute Gasteiger partial charge is 0.481 e. The molecule has 0 aromatic rings. The highest BCUT2D eigenvalue weighted by atomic mass is 16.4. The first kappa shape index (κ1) is 9.41. The summed E-state index contributed by atoms with van der Waals surface area (Å²) in [5.74, 6) is -3.65. The van der Waals surface area contributed by atoms with E-state index in [0.717, 1.165) is 0 Å². The van der Waals surface area contributed by atoms with Crippen LogP contribution >= 0.6 is 0 Å². The fraction of sp³-hybridized carbons (Fsp3) is 0.400. The summed E-state index contributed by atoms with van der Waals surface area (Å²) in [6, 6.07) is 0. The maximum atomic E-state index is 10.3. The Hall–Kier alpha value is -1.59. The minimum atomic E-state index is -1.35. The van der Waals surface area contributed by atoms with E-state index in [1.807, 2.05) is 5.32 Å². The molecule has 1 unspecified atom stereocenters. The van der Waals surface area contributed by atoms with Gasteiger partial charge in [0.05, 0.1) is 0 Å². The van der Waals surface area contributed by atoms with Gasteiger partial charge in [-0.15, -0.1) is 0 Å². The van der Waals surface area contributed by atoms with Crippen molar-refractivity contribution in [2.24, 2.45) is 11.7 Å². The standard InChI is InChI=1S/C5H8N2O4/c6-4(9)3(5(10)11)1-7-2-8/h2-3H,1H2,(H2,6,9)(H,7,8)(H,10,11). The van der Waals surface area contributed by atoms with Gasteiger partial charge < -0.3 is 16.2 Å². The molecule has 0 rings (SSSR count). The molecule has 62 valence electrons. The number of carboxylic acid groups (broad SMARTS) is 1. The molecule has 4 N–H and O–H groups in total. The van der Waals surface area contributed by atoms with E-state index in [-0.39, 0.29) is 6.54 Å². The number of carbonyl (C=O) groups is 3. The summed E-state index contributed by atoms with van der Waals surface area (Å²) in [5.41, 5.74) is 4.70. The van der Waals surface area contributed by atoms with Crippen LogP contribution < -0.4 is 11.1 Å². The van der Waals surface area contributed by atoms with E-state index < -0.39 is 17.8 Å². The average molecular weight is 160 g/mol. The average Bonchev–Trinajstić information content (AvgIpc) is 1.87. The van der Waals surface area contributed by atoms with Gasteiger partial charge in [-0.05, 0) is 0 Å². The van der Waals surface area contributed by atoms with Gasteiger partial charge in [0.15, 0.2) is 5.92 Å². The van der Waals surface area contributed by atoms with E-state index in [2.05, 4.69) is 0 Å². The first-order valence-corrected chi connectivity index (χ1v) is 2.78. The number of carbonyl (C=O) groups excluding carboxylic acids is 2. The molecule has 0 saturated carbocycles. The van der Waals surface area contributed by atoms with E-state index in [1.54, 1.807) is 0 Å². The molecular formula is C5H8N2O4. The Morgan fingerprint density at radius 1 is 1.64 bits per heavy atom. The van der Waals surface area contributed by atoms with E-state index in [4.69, 9.17) is 10.8 Å². The molecule has 0 aliphatic carbocycles. The van der Waals surface area contributed by atoms with Gasteiger partial charge in [-0.1, -0.05) is 0 Å². The molecule has 0 aromatic heterocycles. The Bertz CT molecular complexity index is 165. The Balaban J connectivity index is 4.00. The number of primary amides is 1. The number of hydrogen-bond donors (Lipinski definition) is 3. The SMILES string of the molecule is NC(=O)C(CNC=O)C(=O)O. The highest BCUT2D eigenvalue weighted by Crippen LogP contribution is 1.91. The number of amides is 2. The smallest absolute Gasteiger partial charge is 0.317 e. The van der Waals surface area contributed by atoms with Gasteiger partial charge in [0.25, 0.3) is 0 Å². The third-order valence-electron chi connectivity index (χ3n) is 1.05. The third kappa shape index (κ3) is 3.19. The minimum Gasteiger partial charge on any atom is -0.481 e. The van der Waals surface area contributed by atoms with Gasteiger partial charge >= 0.3 is 5.97 Å². The quantitative estimate of drug-likeness (QED) is 0.316. The number of nitrogens with one attached hydrogen (secondary N) is 1. The van der Waals surface area contributed by atoms with Crippen molar-refractivity contribution >= 4 is 18.3 Å². The summed E-state index contributed by atoms with van der Waals surface area (Å²) in [4.78, 5) is 30.2. The molecule has 0 aliphatic heterocycles. The maximum absolute atomic E-state index is 10.3. The van der Waals surface area contributed by atoms with Crippen LogP contribution in [0.5, 0.6) is 0 Å². The lowest BCUT2D eigenvalue weighted by Crippen LogP contribution is -2.37. The molecule has 0 spiro atoms. The summed E-state index contributed by atoms with van der Waals surface area (Å²) in [5, 5.41) is 10.4. The summed E-state index contributed by atoms with van der Waals surface area (Å²) in [6.07, 6.45) is 0.304. The first-order chi connectivity index (χ1) is 5.09. The molecule has 0 heterocycles. The molecule has 0 saturated heterocycles. The summed E-state index contributed by atoms with van der Waals surface area (Å²) in [7, 11) is 0. The van der Waals surface area contributed by atoms with Crippen molar-refractivity contribution in [2.45, 2.75) is 0 Å². The summed E-state index contributed by atoms with van der Waals surface area (Å²) >= 11 is 0. The predicted molar refractivity (Wildman–Crippen MR) is 34.4 cm³/mol. The minimum absolute atomic E-state index is 0.270. The van der Waals surface area contributed by atoms with Crippen molar-refractivity contribution in [2.75, 3.05) is 6.54 Å². The molecular weight excluding hydrogens is 152 g/mol. The van der Waals surface area contributed by atoms with Crippen molar-refractivity contribution in [1.29, 1.82) is 0 Å². The van der Waals surface area contributed by atoms with Crippen LogP contribution in [0.3, 0.4) is 0 Å². The van der Waals surface area contributed by atoms with Gasteiger partial charge in [-0.25, -0.2) is 0 Å². The van der Waals surface area contributed by atoms with Crippen molar-refractivity contribution in [3.05, 3.63) is 0 Å². The van der Waals surface area contributed by atoms with Crippen molar-refractivity contribution in [3.8, 4) is 0 Å². The van der Waals surface area contributed by atoms with Crippen LogP contribution in [0, 0.1) is 5.92 Å². The van der Waals surface area contributed by atoms with Gasteiger partial charge in [0.1, 0.15) is 0 Å². The lowest BCUT2D eigenvalue weighted by Gasteiger charge is -2.05. The Morgan fingerprint density at radius 2 is 2.18 bits per heavy atom. The second-order valence-electron chi connectivity index (χ2n) is 1.82. The van der Waals surface area contributed by atoms with Crippen LogP contribution in [-0.2, 0) is 14.4 Å². The van der Waals surface area contributed by atoms with Gasteiger partial charge in [-0.2, -0.15) is 0 Å². The molecule has 6 heteroatoms. The lowest BCUT2D eigenvalue weighted by atomic mass is 10.1. The fourth-order valence-corrected chi connectivity index (χ4v) is 0.476. The first-order valence-electron chi connectivity index (χ1n) is 2.78. The molecule has 0 aliphatic rings. The molecule has 0 bridgehead atoms. The summed E-state index contributed by atoms with van der Waals surface area (Å²) in [6.45, 7) is -0.270. The normalized spacial score (nSPS) is 11.6. The fourth-order valence-electron chi connectivity index (χ4n) is 0.476. The Kier molecular flexibility index (Phi) is 3.65. The van der Waals surface area contributed by atoms with E-state index in [9.17, 15) is 14.4 Å².